The Kier molecular flexibility index (Phi) is 2.13. The summed E-state index contributed by atoms with van der Waals surface area (Å²) in [4.78, 5) is 12.7. The zero-order chi connectivity index (χ0) is 9.42. The molecule has 0 unspecified atom stereocenters. The number of rotatable bonds is 1. The molecule has 0 saturated carbocycles. The van der Waals surface area contributed by atoms with E-state index >= 15 is 0 Å². The zero-order valence-electron chi connectivity index (χ0n) is 7.47. The molecule has 0 spiro atoms. The van der Waals surface area contributed by atoms with Crippen molar-refractivity contribution in [3.05, 3.63) is 0 Å². The fraction of sp³-hybridized carbons (Fsp3) is 0.875. The maximum Gasteiger partial charge on any atom is 0.409 e. The van der Waals surface area contributed by atoms with Crippen LogP contribution in [0.4, 0.5) is 4.79 Å². The molecule has 74 valence electrons. The smallest absolute Gasteiger partial charge is 0.409 e. The normalized spacial score (nSPS) is 36.8. The molecule has 5 nitrogen and oxygen atoms in total. The molecule has 1 N–H and O–H groups in total. The second kappa shape index (κ2) is 3.16. The van der Waals surface area contributed by atoms with E-state index in [0.717, 1.165) is 0 Å². The van der Waals surface area contributed by atoms with Crippen molar-refractivity contribution >= 4 is 6.09 Å². The Morgan fingerprint density at radius 2 is 2.46 bits per heavy atom. The van der Waals surface area contributed by atoms with Gasteiger partial charge in [0.1, 0.15) is 18.3 Å². The third-order valence-electron chi connectivity index (χ3n) is 2.33. The second-order valence-electron chi connectivity index (χ2n) is 3.31. The molecule has 2 saturated heterocycles. The van der Waals surface area contributed by atoms with Crippen LogP contribution in [-0.2, 0) is 9.47 Å². The molecule has 2 fully saturated rings. The van der Waals surface area contributed by atoms with Crippen molar-refractivity contribution in [2.24, 2.45) is 0 Å². The van der Waals surface area contributed by atoms with Gasteiger partial charge in [0.25, 0.3) is 0 Å². The Morgan fingerprint density at radius 1 is 1.69 bits per heavy atom. The molecule has 5 heteroatoms. The third kappa shape index (κ3) is 1.62. The van der Waals surface area contributed by atoms with Crippen molar-refractivity contribution in [1.82, 2.24) is 4.90 Å². The monoisotopic (exact) mass is 187 g/mol. The highest BCUT2D eigenvalue weighted by molar-refractivity contribution is 5.68. The van der Waals surface area contributed by atoms with Crippen LogP contribution in [0, 0.1) is 0 Å². The number of hydrogen-bond donors (Lipinski definition) is 1. The maximum absolute atomic E-state index is 11.2. The van der Waals surface area contributed by atoms with E-state index in [1.54, 1.807) is 6.92 Å². The van der Waals surface area contributed by atoms with Crippen LogP contribution in [0.1, 0.15) is 6.92 Å². The number of ether oxygens (including phenoxy) is 2. The van der Waals surface area contributed by atoms with Crippen molar-refractivity contribution < 1.29 is 19.4 Å². The number of likely N-dealkylation sites (tertiary alicyclic amines) is 1. The van der Waals surface area contributed by atoms with E-state index < -0.39 is 6.10 Å². The van der Waals surface area contributed by atoms with E-state index in [-0.39, 0.29) is 18.3 Å². The van der Waals surface area contributed by atoms with Crippen LogP contribution >= 0.6 is 0 Å². The first-order chi connectivity index (χ1) is 6.22. The molecule has 0 radical (unpaired) electrons. The van der Waals surface area contributed by atoms with Crippen molar-refractivity contribution in [2.75, 3.05) is 19.7 Å². The van der Waals surface area contributed by atoms with Gasteiger partial charge in [-0.1, -0.05) is 0 Å². The fourth-order valence-electron chi connectivity index (χ4n) is 1.63. The highest BCUT2D eigenvalue weighted by Gasteiger charge is 2.50. The third-order valence-corrected chi connectivity index (χ3v) is 2.33. The van der Waals surface area contributed by atoms with Crippen molar-refractivity contribution in [3.63, 3.8) is 0 Å². The molecule has 0 bridgehead atoms. The molecule has 13 heavy (non-hydrogen) atoms. The first kappa shape index (κ1) is 8.77. The molecule has 0 aliphatic carbocycles. The Labute approximate surface area is 76.2 Å². The van der Waals surface area contributed by atoms with Gasteiger partial charge in [0.05, 0.1) is 19.7 Å². The molecule has 2 aliphatic heterocycles. The zero-order valence-corrected chi connectivity index (χ0v) is 7.47. The van der Waals surface area contributed by atoms with Crippen LogP contribution in [0.2, 0.25) is 0 Å². The number of hydrogen-bond acceptors (Lipinski definition) is 4. The summed E-state index contributed by atoms with van der Waals surface area (Å²) in [7, 11) is 0. The van der Waals surface area contributed by atoms with Crippen LogP contribution in [0.25, 0.3) is 0 Å². The van der Waals surface area contributed by atoms with E-state index in [4.69, 9.17) is 9.47 Å². The Hall–Kier alpha value is -0.810. The lowest BCUT2D eigenvalue weighted by Gasteiger charge is -2.26. The van der Waals surface area contributed by atoms with E-state index in [1.807, 2.05) is 0 Å². The van der Waals surface area contributed by atoms with E-state index in [9.17, 15) is 9.90 Å². The van der Waals surface area contributed by atoms with Gasteiger partial charge in [-0.2, -0.15) is 0 Å². The largest absolute Gasteiger partial charge is 0.450 e. The number of aliphatic hydroxyl groups is 1. The van der Waals surface area contributed by atoms with Crippen molar-refractivity contribution in [2.45, 2.75) is 25.2 Å². The quantitative estimate of drug-likeness (QED) is 0.567. The summed E-state index contributed by atoms with van der Waals surface area (Å²) in [5, 5.41) is 9.43. The minimum absolute atomic E-state index is 0.0214. The number of fused-ring (bicyclic) bond motifs is 1. The van der Waals surface area contributed by atoms with Crippen LogP contribution < -0.4 is 0 Å². The van der Waals surface area contributed by atoms with Gasteiger partial charge in [-0.15, -0.1) is 0 Å². The number of carbonyl (C=O) groups is 1. The number of amides is 1. The van der Waals surface area contributed by atoms with Crippen LogP contribution in [-0.4, -0.2) is 54.1 Å². The molecule has 0 aromatic rings. The summed E-state index contributed by atoms with van der Waals surface area (Å²) < 4.78 is 9.97. The lowest BCUT2D eigenvalue weighted by atomic mass is 10.1. The molecule has 2 heterocycles. The minimum atomic E-state index is -0.553. The molecule has 3 atom stereocenters. The van der Waals surface area contributed by atoms with Crippen molar-refractivity contribution in [3.8, 4) is 0 Å². The van der Waals surface area contributed by atoms with E-state index in [1.165, 1.54) is 4.90 Å². The second-order valence-corrected chi connectivity index (χ2v) is 3.31. The Bertz CT molecular complexity index is 220. The van der Waals surface area contributed by atoms with Crippen molar-refractivity contribution in [1.29, 1.82) is 0 Å². The summed E-state index contributed by atoms with van der Waals surface area (Å²) in [6, 6.07) is 0. The minimum Gasteiger partial charge on any atom is -0.450 e. The topological polar surface area (TPSA) is 62.3 Å². The number of β-amino-alcohol motifs (C(OH)–C–C–N with tert-alkyl or cyclic N) is 1. The van der Waals surface area contributed by atoms with Gasteiger partial charge in [0.2, 0.25) is 0 Å². The summed E-state index contributed by atoms with van der Waals surface area (Å²) in [6.45, 7) is 2.98. The lowest BCUT2D eigenvalue weighted by Crippen LogP contribution is -2.46. The molecular weight excluding hydrogens is 174 g/mol. The number of nitrogens with zero attached hydrogens (tertiary/aromatic N) is 1. The van der Waals surface area contributed by atoms with Gasteiger partial charge in [0.15, 0.2) is 0 Å². The van der Waals surface area contributed by atoms with Gasteiger partial charge in [-0.3, -0.25) is 0 Å². The van der Waals surface area contributed by atoms with Gasteiger partial charge < -0.3 is 19.5 Å². The number of epoxide rings is 1. The maximum atomic E-state index is 11.2. The fourth-order valence-corrected chi connectivity index (χ4v) is 1.63. The number of piperidine rings is 1. The van der Waals surface area contributed by atoms with Crippen LogP contribution in [0.5, 0.6) is 0 Å². The molecule has 2 rings (SSSR count). The standard InChI is InChI=1S/C8H13NO4/c1-2-12-8(11)9-3-5(10)7-6(4-9)13-7/h5-7,10H,2-4H2,1H3/t5-,6+,7+/m0/s1. The first-order valence-electron chi connectivity index (χ1n) is 4.47. The molecule has 1 amide bonds. The lowest BCUT2D eigenvalue weighted by molar-refractivity contribution is 0.0608. The van der Waals surface area contributed by atoms with E-state index in [0.29, 0.717) is 19.7 Å². The predicted octanol–water partition coefficient (Wildman–Crippen LogP) is -0.413. The van der Waals surface area contributed by atoms with Gasteiger partial charge >= 0.3 is 6.09 Å². The summed E-state index contributed by atoms with van der Waals surface area (Å²) in [6.07, 6.45) is -0.947. The van der Waals surface area contributed by atoms with Gasteiger partial charge in [0, 0.05) is 0 Å². The van der Waals surface area contributed by atoms with Gasteiger partial charge in [-0.25, -0.2) is 4.79 Å². The van der Waals surface area contributed by atoms with Crippen LogP contribution in [0.15, 0.2) is 0 Å². The molecule has 0 aromatic carbocycles. The predicted molar refractivity (Wildman–Crippen MR) is 43.3 cm³/mol. The first-order valence-corrected chi connectivity index (χ1v) is 4.47. The average molecular weight is 187 g/mol. The highest BCUT2D eigenvalue weighted by Crippen LogP contribution is 2.31. The molecule has 2 aliphatic rings. The average Bonchev–Trinajstić information content (AvgIpc) is 2.84. The summed E-state index contributed by atoms with van der Waals surface area (Å²) in [5.74, 6) is 0. The van der Waals surface area contributed by atoms with Crippen LogP contribution in [0.3, 0.4) is 0 Å². The number of aliphatic hydroxyl groups excluding tert-OH is 1. The van der Waals surface area contributed by atoms with E-state index in [2.05, 4.69) is 0 Å². The molecule has 0 aromatic heterocycles. The molecular formula is C8H13NO4. The Morgan fingerprint density at radius 3 is 3.08 bits per heavy atom. The number of carbonyl (C=O) groups excluding carboxylic acids is 1. The summed E-state index contributed by atoms with van der Waals surface area (Å²) in [5.41, 5.74) is 0. The SMILES string of the molecule is CCOC(=O)N1C[C@H](O)[C@H]2O[C@@H]2C1. The summed E-state index contributed by atoms with van der Waals surface area (Å²) >= 11 is 0. The Balaban J connectivity index is 1.89. The van der Waals surface area contributed by atoms with Gasteiger partial charge in [-0.05, 0) is 6.92 Å². The highest BCUT2D eigenvalue weighted by atomic mass is 16.6.